The summed E-state index contributed by atoms with van der Waals surface area (Å²) in [7, 11) is 1.44. The van der Waals surface area contributed by atoms with E-state index in [9.17, 15) is 4.39 Å². The minimum Gasteiger partial charge on any atom is -0.467 e. The molecule has 4 heterocycles. The van der Waals surface area contributed by atoms with Crippen LogP contribution in [0.2, 0.25) is 5.02 Å². The third kappa shape index (κ3) is 5.44. The zero-order chi connectivity index (χ0) is 28.7. The van der Waals surface area contributed by atoms with Crippen LogP contribution in [-0.4, -0.2) is 60.4 Å². The number of benzene rings is 3. The van der Waals surface area contributed by atoms with Crippen LogP contribution >= 0.6 is 11.6 Å². The van der Waals surface area contributed by atoms with Crippen molar-refractivity contribution in [2.24, 2.45) is 5.92 Å². The number of anilines is 1. The van der Waals surface area contributed by atoms with Crippen LogP contribution in [0.4, 0.5) is 19.0 Å². The molecule has 3 saturated heterocycles. The smallest absolute Gasteiger partial charge is 0.318 e. The fourth-order valence-electron chi connectivity index (χ4n) is 6.65. The summed E-state index contributed by atoms with van der Waals surface area (Å²) in [6.07, 6.45) is 4.92. The molecule has 0 aliphatic carbocycles. The maximum atomic E-state index is 16.0. The van der Waals surface area contributed by atoms with Crippen molar-refractivity contribution in [3.63, 3.8) is 0 Å². The fourth-order valence-corrected chi connectivity index (χ4v) is 6.93. The Bertz CT molecular complexity index is 1570. The lowest BCUT2D eigenvalue weighted by Crippen LogP contribution is -2.35. The summed E-state index contributed by atoms with van der Waals surface area (Å²) in [5.41, 5.74) is 0.260. The minimum atomic E-state index is -0.751. The van der Waals surface area contributed by atoms with Gasteiger partial charge in [0.1, 0.15) is 23.3 Å². The highest BCUT2D eigenvalue weighted by atomic mass is 35.5. The van der Waals surface area contributed by atoms with Gasteiger partial charge in [-0.1, -0.05) is 48.9 Å². The highest BCUT2D eigenvalue weighted by molar-refractivity contribution is 6.36. The summed E-state index contributed by atoms with van der Waals surface area (Å²) in [6, 6.07) is 12.7. The van der Waals surface area contributed by atoms with Crippen LogP contribution in [0.5, 0.6) is 6.01 Å². The van der Waals surface area contributed by atoms with Gasteiger partial charge in [-0.15, -0.1) is 0 Å². The van der Waals surface area contributed by atoms with Gasteiger partial charge < -0.3 is 9.64 Å². The number of hydrogen-bond acceptors (Lipinski definition) is 5. The van der Waals surface area contributed by atoms with Crippen LogP contribution in [0.3, 0.4) is 0 Å². The molecule has 5 nitrogen and oxygen atoms in total. The predicted molar refractivity (Wildman–Crippen MR) is 159 cm³/mol. The van der Waals surface area contributed by atoms with Crippen molar-refractivity contribution in [2.45, 2.75) is 51.2 Å². The minimum absolute atomic E-state index is 0.0329. The molecule has 1 aromatic heterocycles. The highest BCUT2D eigenvalue weighted by Gasteiger charge is 2.34. The zero-order valence-electron chi connectivity index (χ0n) is 23.3. The SMILES string of the molecule is COc1nc(N2CCCC(C)C2)c2cc(F)c(-c3cccc4cccc(Cl)c34)c(F)c2n1.FC1CC2CCCN2C1. The molecule has 0 radical (unpaired) electrons. The number of halogens is 4. The fraction of sp³-hybridized carbons (Fsp3) is 0.438. The summed E-state index contributed by atoms with van der Waals surface area (Å²) < 4.78 is 49.4. The molecule has 3 fully saturated rings. The second-order valence-electron chi connectivity index (χ2n) is 11.4. The van der Waals surface area contributed by atoms with Crippen LogP contribution in [0.15, 0.2) is 42.5 Å². The molecule has 216 valence electrons. The van der Waals surface area contributed by atoms with Crippen LogP contribution in [0.25, 0.3) is 32.8 Å². The molecular weight excluding hydrogens is 549 g/mol. The van der Waals surface area contributed by atoms with E-state index in [1.54, 1.807) is 18.2 Å². The van der Waals surface area contributed by atoms with Gasteiger partial charge in [-0.05, 0) is 67.6 Å². The van der Waals surface area contributed by atoms with E-state index < -0.39 is 17.8 Å². The van der Waals surface area contributed by atoms with Gasteiger partial charge in [-0.3, -0.25) is 4.90 Å². The maximum absolute atomic E-state index is 16.0. The Morgan fingerprint density at radius 1 is 1.00 bits per heavy atom. The van der Waals surface area contributed by atoms with Crippen molar-refractivity contribution in [1.82, 2.24) is 14.9 Å². The third-order valence-corrected chi connectivity index (χ3v) is 8.88. The number of rotatable bonds is 3. The molecule has 0 amide bonds. The molecule has 0 N–H and O–H groups in total. The van der Waals surface area contributed by atoms with E-state index >= 15 is 8.78 Å². The number of ether oxygens (including phenoxy) is 1. The largest absolute Gasteiger partial charge is 0.467 e. The lowest BCUT2D eigenvalue weighted by molar-refractivity contribution is 0.292. The van der Waals surface area contributed by atoms with Gasteiger partial charge in [0.25, 0.3) is 0 Å². The Kier molecular flexibility index (Phi) is 7.97. The molecule has 9 heteroatoms. The molecule has 4 aromatic rings. The zero-order valence-corrected chi connectivity index (χ0v) is 24.1. The molecule has 3 aliphatic rings. The van der Waals surface area contributed by atoms with Crippen LogP contribution in [-0.2, 0) is 0 Å². The summed E-state index contributed by atoms with van der Waals surface area (Å²) in [6.45, 7) is 5.55. The van der Waals surface area contributed by atoms with Crippen LogP contribution in [0.1, 0.15) is 39.0 Å². The van der Waals surface area contributed by atoms with Gasteiger partial charge >= 0.3 is 6.01 Å². The van der Waals surface area contributed by atoms with E-state index in [0.717, 1.165) is 44.3 Å². The number of aromatic nitrogens is 2. The summed E-state index contributed by atoms with van der Waals surface area (Å²) >= 11 is 6.43. The topological polar surface area (TPSA) is 41.5 Å². The number of piperidine rings is 1. The van der Waals surface area contributed by atoms with Gasteiger partial charge in [-0.2, -0.15) is 9.97 Å². The van der Waals surface area contributed by atoms with E-state index in [2.05, 4.69) is 26.7 Å². The van der Waals surface area contributed by atoms with E-state index in [0.29, 0.717) is 45.7 Å². The predicted octanol–water partition coefficient (Wildman–Crippen LogP) is 7.82. The first-order chi connectivity index (χ1) is 19.8. The van der Waals surface area contributed by atoms with Crippen molar-refractivity contribution in [1.29, 1.82) is 0 Å². The molecule has 3 aromatic carbocycles. The number of alkyl halides is 1. The first-order valence-electron chi connectivity index (χ1n) is 14.4. The normalized spacial score (nSPS) is 22.6. The first-order valence-corrected chi connectivity index (χ1v) is 14.8. The second kappa shape index (κ2) is 11.6. The van der Waals surface area contributed by atoms with Crippen molar-refractivity contribution in [2.75, 3.05) is 38.2 Å². The molecule has 7 rings (SSSR count). The van der Waals surface area contributed by atoms with Gasteiger partial charge in [-0.25, -0.2) is 13.2 Å². The lowest BCUT2D eigenvalue weighted by atomic mass is 9.95. The summed E-state index contributed by atoms with van der Waals surface area (Å²) in [4.78, 5) is 13.1. The van der Waals surface area contributed by atoms with E-state index in [-0.39, 0.29) is 17.1 Å². The van der Waals surface area contributed by atoms with Gasteiger partial charge in [0.15, 0.2) is 5.82 Å². The summed E-state index contributed by atoms with van der Waals surface area (Å²) in [5.74, 6) is -0.466. The Morgan fingerprint density at radius 3 is 2.54 bits per heavy atom. The Morgan fingerprint density at radius 2 is 1.78 bits per heavy atom. The van der Waals surface area contributed by atoms with E-state index in [4.69, 9.17) is 16.3 Å². The molecule has 0 bridgehead atoms. The van der Waals surface area contributed by atoms with Gasteiger partial charge in [0, 0.05) is 41.5 Å². The maximum Gasteiger partial charge on any atom is 0.318 e. The van der Waals surface area contributed by atoms with Crippen LogP contribution in [0, 0.1) is 17.6 Å². The quantitative estimate of drug-likeness (QED) is 0.246. The molecule has 3 atom stereocenters. The number of fused-ring (bicyclic) bond motifs is 3. The standard InChI is InChI=1S/C25H22ClF2N3O.C7H12FN/c1-14-6-5-11-31(13-14)24-17-12-19(27)21(22(28)23(17)29-25(30-24)32-2)16-9-3-7-15-8-4-10-18(26)20(15)16;8-6-4-7-2-1-3-9(7)5-6/h3-4,7-10,12,14H,5-6,11,13H2,1-2H3;6-7H,1-5H2. The Hall–Kier alpha value is -3.10. The van der Waals surface area contributed by atoms with Crippen molar-refractivity contribution in [3.05, 3.63) is 59.1 Å². The van der Waals surface area contributed by atoms with Crippen molar-refractivity contribution < 1.29 is 17.9 Å². The van der Waals surface area contributed by atoms with Gasteiger partial charge in [0.2, 0.25) is 0 Å². The molecule has 0 saturated carbocycles. The lowest BCUT2D eigenvalue weighted by Gasteiger charge is -2.32. The van der Waals surface area contributed by atoms with Crippen molar-refractivity contribution in [3.8, 4) is 17.1 Å². The highest BCUT2D eigenvalue weighted by Crippen LogP contribution is 2.40. The number of methoxy groups -OCH3 is 1. The second-order valence-corrected chi connectivity index (χ2v) is 11.8. The number of hydrogen-bond donors (Lipinski definition) is 0. The van der Waals surface area contributed by atoms with E-state index in [1.165, 1.54) is 26.0 Å². The number of nitrogens with zero attached hydrogens (tertiary/aromatic N) is 4. The Labute approximate surface area is 243 Å². The molecule has 3 aliphatic heterocycles. The van der Waals surface area contributed by atoms with E-state index in [1.807, 2.05) is 18.2 Å². The molecule has 41 heavy (non-hydrogen) atoms. The Balaban J connectivity index is 0.000000283. The van der Waals surface area contributed by atoms with Crippen molar-refractivity contribution >= 4 is 39.1 Å². The third-order valence-electron chi connectivity index (χ3n) is 8.56. The average Bonchev–Trinajstić information content (AvgIpc) is 3.54. The molecule has 3 unspecified atom stereocenters. The average molecular weight is 583 g/mol. The summed E-state index contributed by atoms with van der Waals surface area (Å²) in [5, 5.41) is 2.17. The molecule has 0 spiro atoms. The molecular formula is C32H34ClF3N4O. The van der Waals surface area contributed by atoms with Gasteiger partial charge in [0.05, 0.1) is 12.7 Å². The first kappa shape index (κ1) is 28.0. The monoisotopic (exact) mass is 582 g/mol. The van der Waals surface area contributed by atoms with Crippen LogP contribution < -0.4 is 9.64 Å².